The number of halogens is 2. The minimum absolute atomic E-state index is 0.406. The summed E-state index contributed by atoms with van der Waals surface area (Å²) in [6.45, 7) is 0.812. The maximum atomic E-state index is 6.48. The molecule has 0 saturated carbocycles. The molecular weight excluding hydrogens is 290 g/mol. The Balaban J connectivity index is 0. The van der Waals surface area contributed by atoms with Gasteiger partial charge in [-0.2, -0.15) is 0 Å². The molecule has 0 aliphatic carbocycles. The molecule has 34 valence electrons. The maximum Gasteiger partial charge on any atom is 0.0230 e. The summed E-state index contributed by atoms with van der Waals surface area (Å²) >= 11 is 4.24. The van der Waals surface area contributed by atoms with Gasteiger partial charge < -0.3 is 0 Å². The van der Waals surface area contributed by atoms with E-state index in [-0.39, 0.29) is 0 Å². The highest BCUT2D eigenvalue weighted by atomic mass is 128. The molecule has 0 amide bonds. The summed E-state index contributed by atoms with van der Waals surface area (Å²) in [6, 6.07) is 0. The van der Waals surface area contributed by atoms with Gasteiger partial charge in [-0.05, 0) is 0 Å². The van der Waals surface area contributed by atoms with E-state index in [1.807, 2.05) is 0 Å². The maximum absolute atomic E-state index is 6.48. The number of hydrogen-bond donors (Lipinski definition) is 0. The van der Waals surface area contributed by atoms with Crippen molar-refractivity contribution in [1.29, 1.82) is 0 Å². The molecule has 0 bridgehead atoms. The first-order valence-corrected chi connectivity index (χ1v) is 7.43. The summed E-state index contributed by atoms with van der Waals surface area (Å²) in [6.07, 6.45) is 0.722. The molecule has 0 fully saturated rings. The molecule has 0 aromatic heterocycles. The lowest BCUT2D eigenvalue weighted by Gasteiger charge is -1.48. The largest absolute Gasteiger partial charge is 0.0656 e. The molecule has 0 nitrogen and oxygen atoms in total. The second-order valence-corrected chi connectivity index (χ2v) is 0.354. The highest BCUT2D eigenvalue weighted by Crippen LogP contribution is 1.89. The first kappa shape index (κ1) is 4.61. The molecule has 0 N–H and O–H groups in total. The fourth-order valence-electron chi connectivity index (χ4n) is 0. The third kappa shape index (κ3) is 30.7. The van der Waals surface area contributed by atoms with Gasteiger partial charge in [0.1, 0.15) is 0 Å². The molecule has 0 radical (unpaired) electrons. The van der Waals surface area contributed by atoms with Crippen LogP contribution in [0, 0.1) is 0 Å². The Bertz CT molecular complexity index is 18.4. The van der Waals surface area contributed by atoms with Crippen LogP contribution in [0.3, 0.4) is 0 Å². The molecule has 2 heteroatoms. The van der Waals surface area contributed by atoms with Crippen molar-refractivity contribution in [2.75, 3.05) is 0 Å². The SMILES string of the molecule is II.[3H]CCC[3H]. The van der Waals surface area contributed by atoms with Crippen molar-refractivity contribution in [3.63, 3.8) is 0 Å². The quantitative estimate of drug-likeness (QED) is 0.603. The summed E-state index contributed by atoms with van der Waals surface area (Å²) in [5, 5.41) is 0. The van der Waals surface area contributed by atoms with Crippen molar-refractivity contribution in [3.8, 4) is 0 Å². The second kappa shape index (κ2) is 17.9. The predicted molar refractivity (Wildman–Crippen MR) is 44.0 cm³/mol. The zero-order valence-electron chi connectivity index (χ0n) is 4.88. The Labute approximate surface area is 59.8 Å². The third-order valence-electron chi connectivity index (χ3n) is 0. The first-order chi connectivity index (χ1) is 3.41. The van der Waals surface area contributed by atoms with E-state index in [0.717, 1.165) is 6.42 Å². The lowest BCUT2D eigenvalue weighted by atomic mass is 10.6. The highest BCUT2D eigenvalue weighted by Gasteiger charge is 1.35. The van der Waals surface area contributed by atoms with Gasteiger partial charge in [-0.15, -0.1) is 0 Å². The fraction of sp³-hybridized carbons (Fsp3) is 1.00. The van der Waals surface area contributed by atoms with E-state index >= 15 is 0 Å². The molecule has 0 rings (SSSR count). The summed E-state index contributed by atoms with van der Waals surface area (Å²) in [7, 11) is 0. The Hall–Kier alpha value is 1.46. The second-order valence-electron chi connectivity index (χ2n) is 0.354. The van der Waals surface area contributed by atoms with Gasteiger partial charge in [0.05, 0.1) is 0 Å². The average Bonchev–Trinajstić information content (AvgIpc) is 1.75. The van der Waals surface area contributed by atoms with E-state index < -0.39 is 0 Å². The highest BCUT2D eigenvalue weighted by molar-refractivity contribution is 15.0. The number of rotatable bonds is 0. The van der Waals surface area contributed by atoms with E-state index in [0.29, 0.717) is 13.8 Å². The van der Waals surface area contributed by atoms with E-state index in [9.17, 15) is 0 Å². The molecule has 0 aliphatic rings. The Morgan fingerprint density at radius 1 is 1.60 bits per heavy atom. The lowest BCUT2D eigenvalue weighted by molar-refractivity contribution is 1.09. The van der Waals surface area contributed by atoms with Crippen LogP contribution >= 0.6 is 37.2 Å². The van der Waals surface area contributed by atoms with Crippen LogP contribution in [-0.2, 0) is 0 Å². The van der Waals surface area contributed by atoms with Gasteiger partial charge in [0.25, 0.3) is 0 Å². The van der Waals surface area contributed by atoms with Crippen molar-refractivity contribution >= 4 is 37.2 Å². The van der Waals surface area contributed by atoms with Crippen LogP contribution < -0.4 is 0 Å². The molecule has 0 aromatic rings. The van der Waals surface area contributed by atoms with E-state index in [1.54, 1.807) is 0 Å². The van der Waals surface area contributed by atoms with E-state index in [2.05, 4.69) is 37.2 Å². The molecule has 0 unspecified atom stereocenters. The van der Waals surface area contributed by atoms with Gasteiger partial charge in [-0.1, -0.05) is 20.2 Å². The minimum atomic E-state index is 0.406. The van der Waals surface area contributed by atoms with Crippen molar-refractivity contribution in [1.82, 2.24) is 0 Å². The van der Waals surface area contributed by atoms with Crippen molar-refractivity contribution in [2.24, 2.45) is 0 Å². The molecule has 0 aromatic carbocycles. The lowest BCUT2D eigenvalue weighted by Crippen LogP contribution is -1.27. The Morgan fingerprint density at radius 3 is 2.00 bits per heavy atom. The first-order valence-electron chi connectivity index (χ1n) is 2.56. The summed E-state index contributed by atoms with van der Waals surface area (Å²) in [4.78, 5) is 0. The van der Waals surface area contributed by atoms with Crippen LogP contribution in [0.15, 0.2) is 0 Å². The van der Waals surface area contributed by atoms with E-state index in [4.69, 9.17) is 2.74 Å². The van der Waals surface area contributed by atoms with Crippen molar-refractivity contribution in [2.45, 2.75) is 20.2 Å². The monoisotopic (exact) mass is 302 g/mol. The summed E-state index contributed by atoms with van der Waals surface area (Å²) in [5.41, 5.74) is 0. The summed E-state index contributed by atoms with van der Waals surface area (Å²) in [5.74, 6) is 0. The van der Waals surface area contributed by atoms with Gasteiger partial charge in [0, 0.05) is 40.0 Å². The van der Waals surface area contributed by atoms with Gasteiger partial charge >= 0.3 is 0 Å². The zero-order valence-corrected chi connectivity index (χ0v) is 7.19. The normalized spacial score (nSPS) is 10.0. The average molecular weight is 302 g/mol. The van der Waals surface area contributed by atoms with Crippen LogP contribution in [0.4, 0.5) is 0 Å². The van der Waals surface area contributed by atoms with Crippen LogP contribution in [0.2, 0.25) is 0 Å². The van der Waals surface area contributed by atoms with Crippen molar-refractivity contribution < 1.29 is 2.74 Å². The topological polar surface area (TPSA) is 0 Å². The molecule has 0 spiro atoms. The number of hydrogen-bond acceptors (Lipinski definition) is 0. The van der Waals surface area contributed by atoms with Crippen LogP contribution in [0.5, 0.6) is 0 Å². The molecule has 0 atom stereocenters. The fourth-order valence-corrected chi connectivity index (χ4v) is 0. The van der Waals surface area contributed by atoms with Crippen LogP contribution in [-0.4, -0.2) is 0 Å². The molecular formula is C3H8I2. The van der Waals surface area contributed by atoms with Crippen LogP contribution in [0.1, 0.15) is 23.0 Å². The van der Waals surface area contributed by atoms with Crippen molar-refractivity contribution in [3.05, 3.63) is 0 Å². The summed E-state index contributed by atoms with van der Waals surface area (Å²) < 4.78 is 13.0. The Morgan fingerprint density at radius 2 is 2.00 bits per heavy atom. The Kier molecular flexibility index (Phi) is 16.6. The zero-order chi connectivity index (χ0) is 6.12. The smallest absolute Gasteiger partial charge is 0.0230 e. The molecule has 0 heterocycles. The molecule has 0 aliphatic heterocycles. The minimum Gasteiger partial charge on any atom is -0.0656 e. The molecule has 5 heavy (non-hydrogen) atoms. The standard InChI is InChI=1S/C3H8.I2/c1-3-2;1-2/h3H2,1-2H3;/i1T,2T;. The van der Waals surface area contributed by atoms with Crippen LogP contribution in [0.25, 0.3) is 0 Å². The van der Waals surface area contributed by atoms with Gasteiger partial charge in [-0.3, -0.25) is 0 Å². The van der Waals surface area contributed by atoms with E-state index in [1.165, 1.54) is 0 Å². The molecule has 0 saturated heterocycles. The third-order valence-corrected chi connectivity index (χ3v) is 0. The van der Waals surface area contributed by atoms with Gasteiger partial charge in [0.15, 0.2) is 0 Å². The predicted octanol–water partition coefficient (Wildman–Crippen LogP) is 3.19. The van der Waals surface area contributed by atoms with Gasteiger partial charge in [0.2, 0.25) is 0 Å². The van der Waals surface area contributed by atoms with Gasteiger partial charge in [-0.25, -0.2) is 0 Å².